The topological polar surface area (TPSA) is 136 Å². The number of rotatable bonds is 4. The molecule has 31 heavy (non-hydrogen) atoms. The molecule has 7 nitrogen and oxygen atoms in total. The third-order valence-corrected chi connectivity index (χ3v) is 5.33. The molecule has 0 bridgehead atoms. The largest absolute Gasteiger partial charge is 0.508 e. The van der Waals surface area contributed by atoms with Gasteiger partial charge in [0.15, 0.2) is 0 Å². The van der Waals surface area contributed by atoms with E-state index in [2.05, 4.69) is 0 Å². The lowest BCUT2D eigenvalue weighted by Crippen LogP contribution is -2.27. The number of aromatic hydroxyl groups is 1. The number of carbonyl (C=O) groups excluding carboxylic acids is 2. The van der Waals surface area contributed by atoms with E-state index in [9.17, 15) is 14.7 Å². The Balaban J connectivity index is 2.27. The van der Waals surface area contributed by atoms with Crippen molar-refractivity contribution in [3.8, 4) is 5.75 Å². The molecule has 0 radical (unpaired) electrons. The molecule has 0 aliphatic carbocycles. The van der Waals surface area contributed by atoms with Crippen LogP contribution in [0.1, 0.15) is 43.0 Å². The van der Waals surface area contributed by atoms with E-state index in [1.807, 2.05) is 52.0 Å². The van der Waals surface area contributed by atoms with Crippen molar-refractivity contribution in [3.63, 3.8) is 0 Å². The lowest BCUT2D eigenvalue weighted by Gasteiger charge is -2.26. The number of nitrogen functional groups attached to an aromatic ring is 2. The first-order valence-corrected chi connectivity index (χ1v) is 9.71. The Morgan fingerprint density at radius 3 is 1.48 bits per heavy atom. The van der Waals surface area contributed by atoms with Crippen LogP contribution in [0, 0.1) is 27.7 Å². The van der Waals surface area contributed by atoms with Crippen LogP contribution in [-0.4, -0.2) is 16.9 Å². The molecule has 0 atom stereocenters. The summed E-state index contributed by atoms with van der Waals surface area (Å²) in [4.78, 5) is 26.9. The van der Waals surface area contributed by atoms with Gasteiger partial charge in [0.2, 0.25) is 5.91 Å². The number of benzene rings is 3. The SMILES string of the molecule is Cc1cc(N(C(=O)c2cc(O)cc(C(N)=O)c2)c2cc(C)c(N)c(C)c2)cc(C)c1N. The highest BCUT2D eigenvalue weighted by molar-refractivity contribution is 6.12. The van der Waals surface area contributed by atoms with Gasteiger partial charge in [0.1, 0.15) is 5.75 Å². The summed E-state index contributed by atoms with van der Waals surface area (Å²) in [6.07, 6.45) is 0. The number of carbonyl (C=O) groups is 2. The quantitative estimate of drug-likeness (QED) is 0.477. The van der Waals surface area contributed by atoms with E-state index in [1.54, 1.807) is 0 Å². The Kier molecular flexibility index (Phi) is 5.62. The third-order valence-electron chi connectivity index (χ3n) is 5.33. The van der Waals surface area contributed by atoms with Gasteiger partial charge >= 0.3 is 0 Å². The molecular formula is C24H26N4O3. The standard InChI is InChI=1S/C24H26N4O3/c1-12-5-18(6-13(2)21(12)25)28(19-7-14(3)22(26)15(4)8-19)24(31)17-9-16(23(27)30)10-20(29)11-17/h5-11,29H,25-26H2,1-4H3,(H2,27,30). The maximum atomic E-state index is 13.7. The number of hydrogen-bond donors (Lipinski definition) is 4. The van der Waals surface area contributed by atoms with Crippen molar-refractivity contribution < 1.29 is 14.7 Å². The molecule has 3 rings (SSSR count). The maximum absolute atomic E-state index is 13.7. The number of nitrogens with two attached hydrogens (primary N) is 3. The molecule has 160 valence electrons. The lowest BCUT2D eigenvalue weighted by atomic mass is 10.0. The Hall–Kier alpha value is -4.00. The summed E-state index contributed by atoms with van der Waals surface area (Å²) in [5, 5.41) is 10.1. The smallest absolute Gasteiger partial charge is 0.262 e. The number of amides is 2. The molecule has 7 heteroatoms. The van der Waals surface area contributed by atoms with Crippen LogP contribution in [0.2, 0.25) is 0 Å². The summed E-state index contributed by atoms with van der Waals surface area (Å²) in [7, 11) is 0. The average molecular weight is 418 g/mol. The van der Waals surface area contributed by atoms with Crippen LogP contribution in [-0.2, 0) is 0 Å². The number of phenolic OH excluding ortho intramolecular Hbond substituents is 1. The third kappa shape index (κ3) is 4.16. The minimum atomic E-state index is -0.741. The summed E-state index contributed by atoms with van der Waals surface area (Å²) in [5.41, 5.74) is 23.5. The first-order valence-electron chi connectivity index (χ1n) is 9.71. The van der Waals surface area contributed by atoms with E-state index in [-0.39, 0.29) is 16.9 Å². The number of phenols is 1. The fourth-order valence-electron chi connectivity index (χ4n) is 3.55. The van der Waals surface area contributed by atoms with Crippen molar-refractivity contribution in [1.29, 1.82) is 0 Å². The van der Waals surface area contributed by atoms with Crippen molar-refractivity contribution in [2.24, 2.45) is 5.73 Å². The van der Waals surface area contributed by atoms with E-state index in [4.69, 9.17) is 17.2 Å². The van der Waals surface area contributed by atoms with E-state index < -0.39 is 11.8 Å². The molecule has 0 aliphatic heterocycles. The number of hydrogen-bond acceptors (Lipinski definition) is 5. The molecule has 0 aromatic heterocycles. The summed E-state index contributed by atoms with van der Waals surface area (Å²) >= 11 is 0. The minimum absolute atomic E-state index is 0.0395. The van der Waals surface area contributed by atoms with Gasteiger partial charge in [-0.25, -0.2) is 0 Å². The predicted molar refractivity (Wildman–Crippen MR) is 124 cm³/mol. The van der Waals surface area contributed by atoms with Gasteiger partial charge in [-0.3, -0.25) is 14.5 Å². The highest BCUT2D eigenvalue weighted by Crippen LogP contribution is 2.35. The van der Waals surface area contributed by atoms with Gasteiger partial charge in [-0.2, -0.15) is 0 Å². The van der Waals surface area contributed by atoms with Crippen LogP contribution < -0.4 is 22.1 Å². The van der Waals surface area contributed by atoms with Gasteiger partial charge in [0, 0.05) is 33.9 Å². The molecule has 0 unspecified atom stereocenters. The zero-order valence-electron chi connectivity index (χ0n) is 18.0. The summed E-state index contributed by atoms with van der Waals surface area (Å²) in [6, 6.07) is 11.2. The fraction of sp³-hybridized carbons (Fsp3) is 0.167. The number of nitrogens with zero attached hydrogens (tertiary/aromatic N) is 1. The van der Waals surface area contributed by atoms with Gasteiger partial charge in [0.05, 0.1) is 0 Å². The highest BCUT2D eigenvalue weighted by atomic mass is 16.3. The molecule has 0 saturated carbocycles. The fourth-order valence-corrected chi connectivity index (χ4v) is 3.55. The normalized spacial score (nSPS) is 10.7. The van der Waals surface area contributed by atoms with Gasteiger partial charge in [-0.1, -0.05) is 0 Å². The Bertz CT molecular complexity index is 1110. The molecule has 0 fully saturated rings. The van der Waals surface area contributed by atoms with E-state index in [0.717, 1.165) is 22.3 Å². The highest BCUT2D eigenvalue weighted by Gasteiger charge is 2.23. The van der Waals surface area contributed by atoms with Crippen molar-refractivity contribution >= 4 is 34.6 Å². The van der Waals surface area contributed by atoms with E-state index in [1.165, 1.54) is 23.1 Å². The average Bonchev–Trinajstić information content (AvgIpc) is 2.69. The lowest BCUT2D eigenvalue weighted by molar-refractivity contribution is 0.0998. The second-order valence-electron chi connectivity index (χ2n) is 7.76. The molecule has 0 heterocycles. The van der Waals surface area contributed by atoms with Gasteiger partial charge < -0.3 is 22.3 Å². The van der Waals surface area contributed by atoms with Crippen LogP contribution in [0.3, 0.4) is 0 Å². The molecule has 0 saturated heterocycles. The molecule has 3 aromatic rings. The zero-order chi connectivity index (χ0) is 23.0. The first-order chi connectivity index (χ1) is 14.5. The second-order valence-corrected chi connectivity index (χ2v) is 7.76. The molecular weight excluding hydrogens is 392 g/mol. The van der Waals surface area contributed by atoms with Gasteiger partial charge in [-0.15, -0.1) is 0 Å². The van der Waals surface area contributed by atoms with Crippen LogP contribution in [0.15, 0.2) is 42.5 Å². The first kappa shape index (κ1) is 21.7. The number of primary amides is 1. The van der Waals surface area contributed by atoms with Gasteiger partial charge in [-0.05, 0) is 92.4 Å². The summed E-state index contributed by atoms with van der Waals surface area (Å²) < 4.78 is 0. The Labute approximate surface area is 181 Å². The van der Waals surface area contributed by atoms with Gasteiger partial charge in [0.25, 0.3) is 5.91 Å². The van der Waals surface area contributed by atoms with E-state index in [0.29, 0.717) is 22.7 Å². The molecule has 3 aromatic carbocycles. The Morgan fingerprint density at radius 1 is 0.710 bits per heavy atom. The van der Waals surface area contributed by atoms with Crippen molar-refractivity contribution in [2.45, 2.75) is 27.7 Å². The van der Waals surface area contributed by atoms with Crippen LogP contribution >= 0.6 is 0 Å². The maximum Gasteiger partial charge on any atom is 0.262 e. The Morgan fingerprint density at radius 2 is 1.10 bits per heavy atom. The molecule has 0 aliphatic rings. The van der Waals surface area contributed by atoms with Crippen molar-refractivity contribution in [1.82, 2.24) is 0 Å². The van der Waals surface area contributed by atoms with Crippen LogP contribution in [0.5, 0.6) is 5.75 Å². The molecule has 0 spiro atoms. The monoisotopic (exact) mass is 418 g/mol. The van der Waals surface area contributed by atoms with Crippen molar-refractivity contribution in [3.05, 3.63) is 75.8 Å². The van der Waals surface area contributed by atoms with Crippen LogP contribution in [0.4, 0.5) is 22.7 Å². The number of anilines is 4. The second kappa shape index (κ2) is 8.02. The van der Waals surface area contributed by atoms with Crippen LogP contribution in [0.25, 0.3) is 0 Å². The zero-order valence-corrected chi connectivity index (χ0v) is 18.0. The molecule has 2 amide bonds. The number of aryl methyl sites for hydroxylation is 4. The summed E-state index contributed by atoms with van der Waals surface area (Å²) in [6.45, 7) is 7.47. The van der Waals surface area contributed by atoms with E-state index >= 15 is 0 Å². The summed E-state index contributed by atoms with van der Waals surface area (Å²) in [5.74, 6) is -1.41. The molecule has 7 N–H and O–H groups in total. The van der Waals surface area contributed by atoms with Crippen molar-refractivity contribution in [2.75, 3.05) is 16.4 Å². The predicted octanol–water partition coefficient (Wildman–Crippen LogP) is 3.87. The minimum Gasteiger partial charge on any atom is -0.508 e.